The molecule has 1 aliphatic heterocycles. The largest absolute Gasteiger partial charge is 0.390 e. The Morgan fingerprint density at radius 3 is 3.12 bits per heavy atom. The molecular formula is C11H13N5O. The quantitative estimate of drug-likeness (QED) is 0.799. The molecule has 1 N–H and O–H groups in total. The van der Waals surface area contributed by atoms with Crippen LogP contribution in [0.3, 0.4) is 0 Å². The average molecular weight is 231 g/mol. The van der Waals surface area contributed by atoms with Gasteiger partial charge in [-0.25, -0.2) is 4.98 Å². The van der Waals surface area contributed by atoms with E-state index in [2.05, 4.69) is 20.1 Å². The number of nitrogens with zero attached hydrogens (tertiary/aromatic N) is 5. The van der Waals surface area contributed by atoms with Crippen LogP contribution in [0.1, 0.15) is 11.5 Å². The first-order valence-corrected chi connectivity index (χ1v) is 5.55. The Hall–Kier alpha value is -1.95. The Kier molecular flexibility index (Phi) is 2.49. The van der Waals surface area contributed by atoms with E-state index >= 15 is 0 Å². The van der Waals surface area contributed by atoms with Crippen LogP contribution >= 0.6 is 0 Å². The summed E-state index contributed by atoms with van der Waals surface area (Å²) in [4.78, 5) is 6.53. The first-order valence-electron chi connectivity index (χ1n) is 5.55. The highest BCUT2D eigenvalue weighted by molar-refractivity contribution is 5.40. The third-order valence-corrected chi connectivity index (χ3v) is 2.92. The number of aliphatic hydroxyl groups is 1. The molecule has 0 radical (unpaired) electrons. The Morgan fingerprint density at radius 1 is 1.29 bits per heavy atom. The molecule has 0 saturated heterocycles. The summed E-state index contributed by atoms with van der Waals surface area (Å²) < 4.78 is 2.05. The van der Waals surface area contributed by atoms with Crippen LogP contribution in [0.5, 0.6) is 0 Å². The molecule has 0 bridgehead atoms. The zero-order valence-corrected chi connectivity index (χ0v) is 9.32. The van der Waals surface area contributed by atoms with Crippen LogP contribution in [0, 0.1) is 0 Å². The number of rotatable bonds is 2. The Labute approximate surface area is 98.5 Å². The highest BCUT2D eigenvalue weighted by Gasteiger charge is 2.18. The van der Waals surface area contributed by atoms with Crippen LogP contribution in [-0.4, -0.2) is 31.4 Å². The van der Waals surface area contributed by atoms with Gasteiger partial charge in [0.15, 0.2) is 5.82 Å². The van der Waals surface area contributed by atoms with Crippen molar-refractivity contribution in [2.24, 2.45) is 0 Å². The molecule has 0 atom stereocenters. The van der Waals surface area contributed by atoms with Gasteiger partial charge in [0.1, 0.15) is 12.1 Å². The monoisotopic (exact) mass is 231 g/mol. The number of fused-ring (bicyclic) bond motifs is 1. The van der Waals surface area contributed by atoms with Crippen LogP contribution < -0.4 is 4.90 Å². The minimum Gasteiger partial charge on any atom is -0.390 e. The maximum absolute atomic E-state index is 9.08. The third kappa shape index (κ3) is 1.87. The fourth-order valence-corrected chi connectivity index (χ4v) is 1.99. The molecule has 0 unspecified atom stereocenters. The van der Waals surface area contributed by atoms with Crippen molar-refractivity contribution in [3.05, 3.63) is 36.0 Å². The lowest BCUT2D eigenvalue weighted by Crippen LogP contribution is -2.34. The molecule has 2 aromatic heterocycles. The molecule has 2 aromatic rings. The van der Waals surface area contributed by atoms with Gasteiger partial charge in [0, 0.05) is 13.1 Å². The van der Waals surface area contributed by atoms with E-state index in [0.29, 0.717) is 12.2 Å². The van der Waals surface area contributed by atoms with Gasteiger partial charge in [0.25, 0.3) is 0 Å². The second-order valence-electron chi connectivity index (χ2n) is 4.01. The fraction of sp³-hybridized carbons (Fsp3) is 0.364. The topological polar surface area (TPSA) is 67.1 Å². The second kappa shape index (κ2) is 4.14. The zero-order valence-electron chi connectivity index (χ0n) is 9.32. The summed E-state index contributed by atoms with van der Waals surface area (Å²) in [5, 5.41) is 17.0. The van der Waals surface area contributed by atoms with Crippen molar-refractivity contribution < 1.29 is 5.11 Å². The maximum Gasteiger partial charge on any atom is 0.152 e. The highest BCUT2D eigenvalue weighted by Crippen LogP contribution is 2.17. The van der Waals surface area contributed by atoms with E-state index in [9.17, 15) is 0 Å². The van der Waals surface area contributed by atoms with Crippen LogP contribution in [0.4, 0.5) is 5.82 Å². The molecule has 0 fully saturated rings. The molecule has 88 valence electrons. The van der Waals surface area contributed by atoms with Gasteiger partial charge in [0.2, 0.25) is 0 Å². The van der Waals surface area contributed by atoms with E-state index in [1.165, 1.54) is 0 Å². The second-order valence-corrected chi connectivity index (χ2v) is 4.01. The van der Waals surface area contributed by atoms with Crippen LogP contribution in [0.15, 0.2) is 24.5 Å². The molecule has 3 heterocycles. The van der Waals surface area contributed by atoms with E-state index in [1.54, 1.807) is 6.33 Å². The Balaban J connectivity index is 1.86. The molecule has 0 amide bonds. The smallest absolute Gasteiger partial charge is 0.152 e. The number of anilines is 1. The lowest BCUT2D eigenvalue weighted by molar-refractivity contribution is 0.277. The normalized spacial score (nSPS) is 14.8. The molecule has 0 aliphatic carbocycles. The van der Waals surface area contributed by atoms with Crippen molar-refractivity contribution in [3.63, 3.8) is 0 Å². The minimum absolute atomic E-state index is 0.0299. The SMILES string of the molecule is OCc1cccc(N2CCn3cnnc3C2)n1. The van der Waals surface area contributed by atoms with Gasteiger partial charge >= 0.3 is 0 Å². The summed E-state index contributed by atoms with van der Waals surface area (Å²) in [6.07, 6.45) is 1.75. The van der Waals surface area contributed by atoms with E-state index in [0.717, 1.165) is 24.7 Å². The van der Waals surface area contributed by atoms with Gasteiger partial charge in [-0.2, -0.15) is 0 Å². The van der Waals surface area contributed by atoms with Gasteiger partial charge in [-0.05, 0) is 12.1 Å². The first-order chi connectivity index (χ1) is 8.36. The van der Waals surface area contributed by atoms with Crippen molar-refractivity contribution in [1.29, 1.82) is 0 Å². The van der Waals surface area contributed by atoms with Gasteiger partial charge in [-0.1, -0.05) is 6.07 Å². The van der Waals surface area contributed by atoms with Gasteiger partial charge in [0.05, 0.1) is 18.8 Å². The predicted molar refractivity (Wildman–Crippen MR) is 61.2 cm³/mol. The maximum atomic E-state index is 9.08. The van der Waals surface area contributed by atoms with Crippen LogP contribution in [-0.2, 0) is 19.7 Å². The van der Waals surface area contributed by atoms with Crippen molar-refractivity contribution in [1.82, 2.24) is 19.7 Å². The summed E-state index contributed by atoms with van der Waals surface area (Å²) in [6, 6.07) is 5.67. The molecule has 6 nitrogen and oxygen atoms in total. The van der Waals surface area contributed by atoms with Crippen molar-refractivity contribution in [2.45, 2.75) is 19.7 Å². The summed E-state index contributed by atoms with van der Waals surface area (Å²) in [5.41, 5.74) is 0.689. The van der Waals surface area contributed by atoms with E-state index < -0.39 is 0 Å². The van der Waals surface area contributed by atoms with Crippen LogP contribution in [0.25, 0.3) is 0 Å². The number of pyridine rings is 1. The highest BCUT2D eigenvalue weighted by atomic mass is 16.3. The number of hydrogen-bond donors (Lipinski definition) is 1. The van der Waals surface area contributed by atoms with Crippen molar-refractivity contribution in [2.75, 3.05) is 11.4 Å². The van der Waals surface area contributed by atoms with Gasteiger partial charge in [-0.3, -0.25) is 0 Å². The molecule has 17 heavy (non-hydrogen) atoms. The predicted octanol–water partition coefficient (Wildman–Crippen LogP) is 0.186. The van der Waals surface area contributed by atoms with E-state index in [1.807, 2.05) is 22.8 Å². The standard InChI is InChI=1S/C11H13N5O/c17-7-9-2-1-3-10(13-9)15-4-5-16-8-12-14-11(16)6-15/h1-3,8,17H,4-7H2. The summed E-state index contributed by atoms with van der Waals surface area (Å²) in [5.74, 6) is 1.83. The Morgan fingerprint density at radius 2 is 2.24 bits per heavy atom. The summed E-state index contributed by atoms with van der Waals surface area (Å²) in [6.45, 7) is 2.43. The van der Waals surface area contributed by atoms with E-state index in [4.69, 9.17) is 5.11 Å². The average Bonchev–Trinajstić information content (AvgIpc) is 2.86. The van der Waals surface area contributed by atoms with Crippen LogP contribution in [0.2, 0.25) is 0 Å². The number of aromatic nitrogens is 4. The Bertz CT molecular complexity index is 524. The zero-order chi connectivity index (χ0) is 11.7. The van der Waals surface area contributed by atoms with Gasteiger partial charge in [-0.15, -0.1) is 10.2 Å². The molecular weight excluding hydrogens is 218 g/mol. The van der Waals surface area contributed by atoms with Gasteiger partial charge < -0.3 is 14.6 Å². The first kappa shape index (κ1) is 10.2. The van der Waals surface area contributed by atoms with Crippen molar-refractivity contribution in [3.8, 4) is 0 Å². The summed E-state index contributed by atoms with van der Waals surface area (Å²) in [7, 11) is 0. The van der Waals surface area contributed by atoms with Crippen molar-refractivity contribution >= 4 is 5.82 Å². The lowest BCUT2D eigenvalue weighted by atomic mass is 10.3. The lowest BCUT2D eigenvalue weighted by Gasteiger charge is -2.28. The molecule has 0 aromatic carbocycles. The number of aliphatic hydroxyl groups excluding tert-OH is 1. The van der Waals surface area contributed by atoms with E-state index in [-0.39, 0.29) is 6.61 Å². The molecule has 0 saturated carbocycles. The summed E-state index contributed by atoms with van der Waals surface area (Å²) >= 11 is 0. The molecule has 0 spiro atoms. The third-order valence-electron chi connectivity index (χ3n) is 2.92. The minimum atomic E-state index is -0.0299. The molecule has 3 rings (SSSR count). The molecule has 1 aliphatic rings. The fourth-order valence-electron chi connectivity index (χ4n) is 1.99. The molecule has 6 heteroatoms. The number of hydrogen-bond acceptors (Lipinski definition) is 5.